The Hall–Kier alpha value is -1.83. The van der Waals surface area contributed by atoms with E-state index >= 15 is 0 Å². The van der Waals surface area contributed by atoms with E-state index in [2.05, 4.69) is 47.0 Å². The number of hydrogen-bond donors (Lipinski definition) is 1. The summed E-state index contributed by atoms with van der Waals surface area (Å²) >= 11 is 0. The molecule has 0 unspecified atom stereocenters. The van der Waals surface area contributed by atoms with E-state index in [4.69, 9.17) is 5.26 Å². The van der Waals surface area contributed by atoms with Gasteiger partial charge in [-0.25, -0.2) is 9.97 Å². The van der Waals surface area contributed by atoms with Crippen molar-refractivity contribution in [1.29, 1.82) is 5.26 Å². The van der Waals surface area contributed by atoms with Crippen LogP contribution < -0.4 is 10.2 Å². The molecule has 0 spiro atoms. The zero-order valence-corrected chi connectivity index (χ0v) is 12.8. The molecular weight excluding hydrogens is 250 g/mol. The quantitative estimate of drug-likeness (QED) is 0.750. The molecule has 0 amide bonds. The van der Waals surface area contributed by atoms with E-state index in [-0.39, 0.29) is 0 Å². The van der Waals surface area contributed by atoms with Crippen molar-refractivity contribution >= 4 is 11.6 Å². The summed E-state index contributed by atoms with van der Waals surface area (Å²) in [4.78, 5) is 11.0. The average molecular weight is 275 g/mol. The average Bonchev–Trinajstić information content (AvgIpc) is 2.48. The third-order valence-corrected chi connectivity index (χ3v) is 3.14. The SMILES string of the molecule is CCCNc1ncnc(N(CC)CCC#N)c1CCC. The topological polar surface area (TPSA) is 64.8 Å². The minimum absolute atomic E-state index is 0.515. The first-order chi connectivity index (χ1) is 9.78. The second-order valence-electron chi connectivity index (χ2n) is 4.69. The minimum Gasteiger partial charge on any atom is -0.370 e. The maximum Gasteiger partial charge on any atom is 0.137 e. The number of nitrogens with one attached hydrogen (secondary N) is 1. The monoisotopic (exact) mass is 275 g/mol. The van der Waals surface area contributed by atoms with Crippen molar-refractivity contribution < 1.29 is 0 Å². The second kappa shape index (κ2) is 9.13. The summed E-state index contributed by atoms with van der Waals surface area (Å²) in [6.07, 6.45) is 5.20. The van der Waals surface area contributed by atoms with Gasteiger partial charge < -0.3 is 10.2 Å². The Morgan fingerprint density at radius 1 is 1.25 bits per heavy atom. The molecule has 1 N–H and O–H groups in total. The third-order valence-electron chi connectivity index (χ3n) is 3.14. The summed E-state index contributed by atoms with van der Waals surface area (Å²) in [5.74, 6) is 1.91. The van der Waals surface area contributed by atoms with E-state index in [1.54, 1.807) is 6.33 Å². The number of nitriles is 1. The van der Waals surface area contributed by atoms with Crippen LogP contribution in [0.5, 0.6) is 0 Å². The van der Waals surface area contributed by atoms with Crippen LogP contribution >= 0.6 is 0 Å². The standard InChI is InChI=1S/C15H25N5/c1-4-8-13-14(17-10-5-2)18-12-19-15(13)20(6-3)11-7-9-16/h12H,4-8,10-11H2,1-3H3,(H,17,18,19). The molecule has 110 valence electrons. The molecule has 5 heteroatoms. The molecule has 1 heterocycles. The van der Waals surface area contributed by atoms with Crippen LogP contribution in [0.1, 0.15) is 45.6 Å². The molecule has 1 rings (SSSR count). The van der Waals surface area contributed by atoms with Gasteiger partial charge in [-0.1, -0.05) is 20.3 Å². The van der Waals surface area contributed by atoms with Crippen molar-refractivity contribution in [1.82, 2.24) is 9.97 Å². The van der Waals surface area contributed by atoms with Crippen LogP contribution in [-0.4, -0.2) is 29.6 Å². The van der Waals surface area contributed by atoms with Gasteiger partial charge in [0.2, 0.25) is 0 Å². The zero-order valence-electron chi connectivity index (χ0n) is 12.8. The van der Waals surface area contributed by atoms with E-state index in [1.165, 1.54) is 5.56 Å². The molecule has 0 fully saturated rings. The molecule has 0 aliphatic rings. The van der Waals surface area contributed by atoms with Crippen molar-refractivity contribution in [2.45, 2.75) is 46.5 Å². The van der Waals surface area contributed by atoms with Crippen LogP contribution in [0.2, 0.25) is 0 Å². The summed E-state index contributed by atoms with van der Waals surface area (Å²) in [7, 11) is 0. The lowest BCUT2D eigenvalue weighted by Crippen LogP contribution is -2.26. The van der Waals surface area contributed by atoms with Crippen molar-refractivity contribution in [2.75, 3.05) is 29.9 Å². The maximum atomic E-state index is 8.78. The Morgan fingerprint density at radius 3 is 2.65 bits per heavy atom. The van der Waals surface area contributed by atoms with Gasteiger partial charge in [0, 0.05) is 25.2 Å². The highest BCUT2D eigenvalue weighted by atomic mass is 15.2. The summed E-state index contributed by atoms with van der Waals surface area (Å²) in [6.45, 7) is 8.87. The van der Waals surface area contributed by atoms with E-state index in [9.17, 15) is 0 Å². The summed E-state index contributed by atoms with van der Waals surface area (Å²) < 4.78 is 0. The predicted octanol–water partition coefficient (Wildman–Crippen LogP) is 2.99. The van der Waals surface area contributed by atoms with Gasteiger partial charge >= 0.3 is 0 Å². The molecule has 0 saturated carbocycles. The number of aromatic nitrogens is 2. The summed E-state index contributed by atoms with van der Waals surface area (Å²) in [5, 5.41) is 12.2. The molecule has 5 nitrogen and oxygen atoms in total. The van der Waals surface area contributed by atoms with Gasteiger partial charge in [0.1, 0.15) is 18.0 Å². The third kappa shape index (κ3) is 4.37. The zero-order chi connectivity index (χ0) is 14.8. The first-order valence-corrected chi connectivity index (χ1v) is 7.48. The van der Waals surface area contributed by atoms with E-state index in [1.807, 2.05) is 0 Å². The molecule has 20 heavy (non-hydrogen) atoms. The van der Waals surface area contributed by atoms with Crippen LogP contribution in [0.15, 0.2) is 6.33 Å². The van der Waals surface area contributed by atoms with Gasteiger partial charge in [0.05, 0.1) is 12.5 Å². The smallest absolute Gasteiger partial charge is 0.137 e. The molecule has 0 aromatic carbocycles. The molecule has 1 aromatic heterocycles. The van der Waals surface area contributed by atoms with Gasteiger partial charge in [-0.15, -0.1) is 0 Å². The van der Waals surface area contributed by atoms with E-state index in [0.29, 0.717) is 13.0 Å². The van der Waals surface area contributed by atoms with E-state index in [0.717, 1.165) is 44.0 Å². The first-order valence-electron chi connectivity index (χ1n) is 7.48. The summed E-state index contributed by atoms with van der Waals surface area (Å²) in [5.41, 5.74) is 1.17. The lowest BCUT2D eigenvalue weighted by atomic mass is 10.1. The van der Waals surface area contributed by atoms with E-state index < -0.39 is 0 Å². The Morgan fingerprint density at radius 2 is 2.05 bits per heavy atom. The Kier molecular flexibility index (Phi) is 7.41. The lowest BCUT2D eigenvalue weighted by molar-refractivity contribution is 0.786. The molecular formula is C15H25N5. The fourth-order valence-electron chi connectivity index (χ4n) is 2.15. The number of rotatable bonds is 9. The van der Waals surface area contributed by atoms with Crippen LogP contribution in [0.4, 0.5) is 11.6 Å². The molecule has 0 aliphatic heterocycles. The minimum atomic E-state index is 0.515. The Balaban J connectivity index is 3.05. The van der Waals surface area contributed by atoms with Crippen molar-refractivity contribution in [2.24, 2.45) is 0 Å². The molecule has 1 aromatic rings. The van der Waals surface area contributed by atoms with Gasteiger partial charge in [-0.3, -0.25) is 0 Å². The van der Waals surface area contributed by atoms with Gasteiger partial charge in [-0.05, 0) is 19.8 Å². The largest absolute Gasteiger partial charge is 0.370 e. The maximum absolute atomic E-state index is 8.78. The molecule has 0 bridgehead atoms. The normalized spacial score (nSPS) is 10.1. The van der Waals surface area contributed by atoms with Crippen LogP contribution in [0, 0.1) is 11.3 Å². The fourth-order valence-corrected chi connectivity index (χ4v) is 2.15. The van der Waals surface area contributed by atoms with Crippen LogP contribution in [-0.2, 0) is 6.42 Å². The van der Waals surface area contributed by atoms with Crippen molar-refractivity contribution in [3.05, 3.63) is 11.9 Å². The highest BCUT2D eigenvalue weighted by molar-refractivity contribution is 5.58. The van der Waals surface area contributed by atoms with Crippen molar-refractivity contribution in [3.8, 4) is 6.07 Å². The number of hydrogen-bond acceptors (Lipinski definition) is 5. The van der Waals surface area contributed by atoms with Crippen LogP contribution in [0.3, 0.4) is 0 Å². The van der Waals surface area contributed by atoms with Gasteiger partial charge in [0.25, 0.3) is 0 Å². The second-order valence-corrected chi connectivity index (χ2v) is 4.69. The first kappa shape index (κ1) is 16.2. The Labute approximate surface area is 122 Å². The molecule has 0 saturated heterocycles. The molecule has 0 atom stereocenters. The number of nitrogens with zero attached hydrogens (tertiary/aromatic N) is 4. The van der Waals surface area contributed by atoms with Crippen molar-refractivity contribution in [3.63, 3.8) is 0 Å². The highest BCUT2D eigenvalue weighted by Crippen LogP contribution is 2.25. The predicted molar refractivity (Wildman–Crippen MR) is 82.9 cm³/mol. The summed E-state index contributed by atoms with van der Waals surface area (Å²) in [6, 6.07) is 2.20. The lowest BCUT2D eigenvalue weighted by Gasteiger charge is -2.24. The Bertz CT molecular complexity index is 438. The van der Waals surface area contributed by atoms with Crippen LogP contribution in [0.25, 0.3) is 0 Å². The van der Waals surface area contributed by atoms with Gasteiger partial charge in [-0.2, -0.15) is 5.26 Å². The fraction of sp³-hybridized carbons (Fsp3) is 0.667. The molecule has 0 radical (unpaired) electrons. The number of anilines is 2. The van der Waals surface area contributed by atoms with Gasteiger partial charge in [0.15, 0.2) is 0 Å². The molecule has 0 aliphatic carbocycles. The highest BCUT2D eigenvalue weighted by Gasteiger charge is 2.15.